The summed E-state index contributed by atoms with van der Waals surface area (Å²) >= 11 is 0. The molecule has 2 aliphatic heterocycles. The SMILES string of the molecule is [2H]C1([2H])N(c2cnc3c(c2)CN(c2ncc(C#N)cc2C)CC3)c2ccnn2C([2H])([2H])C1([2H])[2H]. The van der Waals surface area contributed by atoms with Gasteiger partial charge in [-0.1, -0.05) is 0 Å². The van der Waals surface area contributed by atoms with Crippen molar-refractivity contribution in [2.24, 2.45) is 0 Å². The average Bonchev–Trinajstić information content (AvgIpc) is 3.27. The molecule has 28 heavy (non-hydrogen) atoms. The van der Waals surface area contributed by atoms with Crippen molar-refractivity contribution in [3.63, 3.8) is 0 Å². The molecule has 0 N–H and O–H groups in total. The normalized spacial score (nSPS) is 24.3. The fraction of sp³-hybridized carbons (Fsp3) is 0.333. The smallest absolute Gasteiger partial charge is 0.131 e. The summed E-state index contributed by atoms with van der Waals surface area (Å²) < 4.78 is 51.2. The van der Waals surface area contributed by atoms with Gasteiger partial charge in [-0.05, 0) is 36.6 Å². The van der Waals surface area contributed by atoms with Crippen molar-refractivity contribution in [1.29, 1.82) is 5.26 Å². The minimum absolute atomic E-state index is 0.101. The minimum Gasteiger partial charge on any atom is -0.352 e. The Morgan fingerprint density at radius 2 is 2.14 bits per heavy atom. The van der Waals surface area contributed by atoms with Crippen LogP contribution in [0.1, 0.15) is 37.0 Å². The molecular formula is C21H21N7. The highest BCUT2D eigenvalue weighted by Gasteiger charge is 2.23. The number of hydrogen-bond donors (Lipinski definition) is 0. The lowest BCUT2D eigenvalue weighted by molar-refractivity contribution is 0.541. The van der Waals surface area contributed by atoms with Gasteiger partial charge in [-0.3, -0.25) is 4.98 Å². The van der Waals surface area contributed by atoms with Crippen molar-refractivity contribution in [3.8, 4) is 6.07 Å². The number of aryl methyl sites for hydroxylation is 2. The predicted octanol–water partition coefficient (Wildman–Crippen LogP) is 2.96. The fourth-order valence-corrected chi connectivity index (χ4v) is 3.62. The highest BCUT2D eigenvalue weighted by atomic mass is 15.4. The monoisotopic (exact) mass is 377 g/mol. The van der Waals surface area contributed by atoms with E-state index in [1.165, 1.54) is 24.7 Å². The highest BCUT2D eigenvalue weighted by Crippen LogP contribution is 2.32. The van der Waals surface area contributed by atoms with E-state index < -0.39 is 19.4 Å². The van der Waals surface area contributed by atoms with E-state index in [0.717, 1.165) is 32.2 Å². The van der Waals surface area contributed by atoms with Crippen molar-refractivity contribution in [3.05, 3.63) is 59.2 Å². The molecule has 0 saturated heterocycles. The predicted molar refractivity (Wildman–Crippen MR) is 107 cm³/mol. The maximum absolute atomic E-state index is 9.11. The quantitative estimate of drug-likeness (QED) is 0.684. The molecule has 0 unspecified atom stereocenters. The first-order valence-corrected chi connectivity index (χ1v) is 8.93. The molecule has 3 aromatic heterocycles. The largest absolute Gasteiger partial charge is 0.352 e. The number of nitrogens with zero attached hydrogens (tertiary/aromatic N) is 7. The molecule has 0 aromatic carbocycles. The molecule has 5 rings (SSSR count). The summed E-state index contributed by atoms with van der Waals surface area (Å²) in [6.07, 6.45) is 2.08. The Morgan fingerprint density at radius 1 is 1.21 bits per heavy atom. The van der Waals surface area contributed by atoms with E-state index in [4.69, 9.17) is 13.5 Å². The zero-order valence-corrected chi connectivity index (χ0v) is 15.2. The van der Waals surface area contributed by atoms with Gasteiger partial charge in [-0.2, -0.15) is 10.4 Å². The Bertz CT molecular complexity index is 1330. The van der Waals surface area contributed by atoms with Gasteiger partial charge in [0, 0.05) is 55.9 Å². The van der Waals surface area contributed by atoms with E-state index in [2.05, 4.69) is 26.0 Å². The van der Waals surface area contributed by atoms with Crippen LogP contribution in [-0.4, -0.2) is 32.8 Å². The van der Waals surface area contributed by atoms with Crippen LogP contribution in [0.25, 0.3) is 0 Å². The third-order valence-electron chi connectivity index (χ3n) is 4.94. The van der Waals surface area contributed by atoms with E-state index in [1.807, 2.05) is 6.92 Å². The van der Waals surface area contributed by atoms with Crippen LogP contribution in [0.5, 0.6) is 0 Å². The topological polar surface area (TPSA) is 73.9 Å². The van der Waals surface area contributed by atoms with Gasteiger partial charge in [0.1, 0.15) is 17.7 Å². The lowest BCUT2D eigenvalue weighted by Crippen LogP contribution is -2.33. The Labute approximate surface area is 172 Å². The van der Waals surface area contributed by atoms with Crippen LogP contribution in [0.3, 0.4) is 0 Å². The van der Waals surface area contributed by atoms with Crippen LogP contribution in [0.4, 0.5) is 17.3 Å². The maximum Gasteiger partial charge on any atom is 0.131 e. The summed E-state index contributed by atoms with van der Waals surface area (Å²) in [7, 11) is 0. The second kappa shape index (κ2) is 6.64. The van der Waals surface area contributed by atoms with Crippen LogP contribution in [0, 0.1) is 18.3 Å². The van der Waals surface area contributed by atoms with E-state index in [9.17, 15) is 0 Å². The highest BCUT2D eigenvalue weighted by molar-refractivity contribution is 5.62. The Balaban J connectivity index is 1.56. The van der Waals surface area contributed by atoms with Gasteiger partial charge in [-0.25, -0.2) is 9.67 Å². The third-order valence-corrected chi connectivity index (χ3v) is 4.94. The number of nitriles is 1. The fourth-order valence-electron chi connectivity index (χ4n) is 3.62. The molecule has 2 aliphatic rings. The minimum atomic E-state index is -2.91. The molecule has 0 radical (unpaired) electrons. The van der Waals surface area contributed by atoms with Crippen molar-refractivity contribution in [1.82, 2.24) is 19.7 Å². The molecule has 5 heterocycles. The summed E-state index contributed by atoms with van der Waals surface area (Å²) in [5.74, 6) is 0.857. The van der Waals surface area contributed by atoms with Gasteiger partial charge in [-0.15, -0.1) is 0 Å². The maximum atomic E-state index is 9.11. The van der Waals surface area contributed by atoms with Crippen LogP contribution >= 0.6 is 0 Å². The summed E-state index contributed by atoms with van der Waals surface area (Å²) in [6.45, 7) is -2.38. The molecule has 7 nitrogen and oxygen atoms in total. The summed E-state index contributed by atoms with van der Waals surface area (Å²) in [4.78, 5) is 12.2. The van der Waals surface area contributed by atoms with E-state index in [0.29, 0.717) is 30.8 Å². The molecule has 0 bridgehead atoms. The number of rotatable bonds is 2. The number of aromatic nitrogens is 4. The zero-order valence-electron chi connectivity index (χ0n) is 21.2. The molecular weight excluding hydrogens is 350 g/mol. The van der Waals surface area contributed by atoms with Gasteiger partial charge < -0.3 is 9.80 Å². The summed E-state index contributed by atoms with van der Waals surface area (Å²) in [5.41, 5.74) is 3.36. The summed E-state index contributed by atoms with van der Waals surface area (Å²) in [6, 6.07) is 7.09. The van der Waals surface area contributed by atoms with Gasteiger partial charge in [0.15, 0.2) is 0 Å². The molecule has 7 heteroatoms. The van der Waals surface area contributed by atoms with Crippen LogP contribution in [-0.2, 0) is 19.5 Å². The number of anilines is 3. The molecule has 0 aliphatic carbocycles. The van der Waals surface area contributed by atoms with Crippen LogP contribution in [0.2, 0.25) is 0 Å². The molecule has 140 valence electrons. The number of hydrogen-bond acceptors (Lipinski definition) is 6. The summed E-state index contributed by atoms with van der Waals surface area (Å²) in [5, 5.41) is 13.1. The Morgan fingerprint density at radius 3 is 3.00 bits per heavy atom. The van der Waals surface area contributed by atoms with Crippen molar-refractivity contribution >= 4 is 17.3 Å². The molecule has 0 atom stereocenters. The lowest BCUT2D eigenvalue weighted by Gasteiger charge is -2.33. The Hall–Kier alpha value is -3.40. The van der Waals surface area contributed by atoms with Crippen LogP contribution in [0.15, 0.2) is 36.8 Å². The second-order valence-electron chi connectivity index (χ2n) is 6.73. The number of pyridine rings is 2. The van der Waals surface area contributed by atoms with E-state index in [-0.39, 0.29) is 5.82 Å². The first-order chi connectivity index (χ1) is 16.0. The first kappa shape index (κ1) is 11.4. The van der Waals surface area contributed by atoms with Crippen molar-refractivity contribution in [2.75, 3.05) is 22.8 Å². The van der Waals surface area contributed by atoms with E-state index >= 15 is 0 Å². The van der Waals surface area contributed by atoms with Crippen molar-refractivity contribution in [2.45, 2.75) is 32.8 Å². The van der Waals surface area contributed by atoms with E-state index in [1.54, 1.807) is 12.1 Å². The molecule has 0 saturated carbocycles. The lowest BCUT2D eigenvalue weighted by atomic mass is 10.0. The van der Waals surface area contributed by atoms with Gasteiger partial charge in [0.05, 0.1) is 26.4 Å². The van der Waals surface area contributed by atoms with Crippen molar-refractivity contribution < 1.29 is 8.22 Å². The molecule has 0 fully saturated rings. The van der Waals surface area contributed by atoms with Gasteiger partial charge >= 0.3 is 0 Å². The zero-order chi connectivity index (χ0) is 24.5. The molecule has 3 aromatic rings. The standard InChI is InChI=1S/C21H21N7/c1-15-9-16(11-22)12-24-21(15)26-8-4-19-17(14-26)10-18(13-23-19)27-6-2-7-28-20(27)3-5-25-28/h3,5,9-10,12-13H,2,4,6-8,14H2,1H3/i2D2,6D2,7D2. The third kappa shape index (κ3) is 2.78. The molecule has 0 amide bonds. The van der Waals surface area contributed by atoms with Crippen LogP contribution < -0.4 is 9.80 Å². The second-order valence-corrected chi connectivity index (χ2v) is 6.73. The first-order valence-electron chi connectivity index (χ1n) is 11.9. The molecule has 0 spiro atoms. The van der Waals surface area contributed by atoms with Gasteiger partial charge in [0.2, 0.25) is 0 Å². The van der Waals surface area contributed by atoms with Gasteiger partial charge in [0.25, 0.3) is 0 Å². The average molecular weight is 377 g/mol. The number of fused-ring (bicyclic) bond motifs is 2. The Kier molecular flexibility index (Phi) is 2.71.